The van der Waals surface area contributed by atoms with Crippen LogP contribution in [-0.4, -0.2) is 59.5 Å². The number of primary amides is 1. The minimum absolute atomic E-state index is 0.0354. The number of nitrogens with zero attached hydrogens (tertiary/aromatic N) is 7. The first-order valence-electron chi connectivity index (χ1n) is 13.2. The molecule has 12 nitrogen and oxygen atoms in total. The van der Waals surface area contributed by atoms with Crippen molar-refractivity contribution < 1.29 is 9.59 Å². The number of nitrogens with one attached hydrogen (secondary N) is 2. The smallest absolute Gasteiger partial charge is 0.273 e. The molecule has 2 amide bonds. The van der Waals surface area contributed by atoms with Crippen LogP contribution in [0.4, 0.5) is 17.5 Å². The van der Waals surface area contributed by atoms with Crippen LogP contribution >= 0.6 is 0 Å². The third kappa shape index (κ3) is 4.17. The van der Waals surface area contributed by atoms with E-state index in [9.17, 15) is 9.59 Å². The fourth-order valence-electron chi connectivity index (χ4n) is 6.52. The van der Waals surface area contributed by atoms with Crippen LogP contribution in [0.2, 0.25) is 0 Å². The van der Waals surface area contributed by atoms with Gasteiger partial charge in [-0.25, -0.2) is 0 Å². The number of hydrogen-bond donors (Lipinski definition) is 3. The van der Waals surface area contributed by atoms with E-state index in [0.29, 0.717) is 17.3 Å². The Labute approximate surface area is 221 Å². The SMILES string of the molecule is Cn1cc(Nc2nc(N3C4CCC(NC(=O)c5cc6c(n5C)CC(C)(C)C6)C3CC4)nnc2C(N)=O)cn1. The van der Waals surface area contributed by atoms with E-state index < -0.39 is 5.91 Å². The first-order valence-corrected chi connectivity index (χ1v) is 13.2. The molecule has 1 aliphatic carbocycles. The van der Waals surface area contributed by atoms with Gasteiger partial charge < -0.3 is 25.8 Å². The molecule has 0 aromatic carbocycles. The van der Waals surface area contributed by atoms with Crippen molar-refractivity contribution in [2.75, 3.05) is 10.2 Å². The van der Waals surface area contributed by atoms with Crippen molar-refractivity contribution in [2.45, 2.75) is 70.5 Å². The van der Waals surface area contributed by atoms with Gasteiger partial charge in [-0.2, -0.15) is 10.1 Å². The molecule has 2 fully saturated rings. The average Bonchev–Trinajstić information content (AvgIpc) is 3.57. The molecule has 3 atom stereocenters. The van der Waals surface area contributed by atoms with Gasteiger partial charge in [-0.05, 0) is 55.6 Å². The maximum absolute atomic E-state index is 13.4. The van der Waals surface area contributed by atoms with Crippen LogP contribution < -0.4 is 21.3 Å². The van der Waals surface area contributed by atoms with Gasteiger partial charge in [0.05, 0.1) is 17.9 Å². The Kier molecular flexibility index (Phi) is 5.65. The van der Waals surface area contributed by atoms with E-state index in [-0.39, 0.29) is 41.0 Å². The molecule has 0 radical (unpaired) electrons. The first-order chi connectivity index (χ1) is 18.1. The Hall–Kier alpha value is -3.96. The molecule has 2 aliphatic heterocycles. The normalized spacial score (nSPS) is 23.4. The number of hydrogen-bond acceptors (Lipinski definition) is 8. The average molecular weight is 519 g/mol. The third-order valence-corrected chi connectivity index (χ3v) is 8.24. The summed E-state index contributed by atoms with van der Waals surface area (Å²) in [7, 11) is 3.79. The summed E-state index contributed by atoms with van der Waals surface area (Å²) in [6.45, 7) is 4.54. The lowest BCUT2D eigenvalue weighted by Crippen LogP contribution is -2.55. The second kappa shape index (κ2) is 8.81. The van der Waals surface area contributed by atoms with Crippen molar-refractivity contribution in [1.29, 1.82) is 0 Å². The van der Waals surface area contributed by atoms with Gasteiger partial charge >= 0.3 is 0 Å². The van der Waals surface area contributed by atoms with Gasteiger partial charge in [-0.15, -0.1) is 10.2 Å². The fraction of sp³-hybridized carbons (Fsp3) is 0.538. The van der Waals surface area contributed by atoms with Gasteiger partial charge in [0.25, 0.3) is 11.8 Å². The number of nitrogens with two attached hydrogens (primary N) is 1. The molecule has 3 unspecified atom stereocenters. The van der Waals surface area contributed by atoms with Gasteiger partial charge in [-0.1, -0.05) is 13.8 Å². The Morgan fingerprint density at radius 2 is 1.89 bits per heavy atom. The van der Waals surface area contributed by atoms with E-state index in [4.69, 9.17) is 5.73 Å². The quantitative estimate of drug-likeness (QED) is 0.448. The Morgan fingerprint density at radius 1 is 1.11 bits per heavy atom. The maximum Gasteiger partial charge on any atom is 0.273 e. The molecule has 0 saturated carbocycles. The van der Waals surface area contributed by atoms with Gasteiger partial charge in [0.1, 0.15) is 5.69 Å². The summed E-state index contributed by atoms with van der Waals surface area (Å²) in [5, 5.41) is 19.0. The maximum atomic E-state index is 13.4. The van der Waals surface area contributed by atoms with E-state index in [0.717, 1.165) is 38.5 Å². The monoisotopic (exact) mass is 518 g/mol. The van der Waals surface area contributed by atoms with Crippen molar-refractivity contribution in [2.24, 2.45) is 25.2 Å². The molecule has 2 bridgehead atoms. The molecular weight excluding hydrogens is 484 g/mol. The highest BCUT2D eigenvalue weighted by Crippen LogP contribution is 2.40. The van der Waals surface area contributed by atoms with E-state index in [2.05, 4.69) is 60.3 Å². The fourth-order valence-corrected chi connectivity index (χ4v) is 6.52. The molecule has 6 rings (SSSR count). The van der Waals surface area contributed by atoms with Crippen LogP contribution in [0.5, 0.6) is 0 Å². The molecule has 200 valence electrons. The molecule has 3 aromatic heterocycles. The number of aromatic nitrogens is 6. The predicted molar refractivity (Wildman–Crippen MR) is 141 cm³/mol. The number of fused-ring (bicyclic) bond motifs is 3. The number of anilines is 3. The van der Waals surface area contributed by atoms with Crippen LogP contribution in [0.15, 0.2) is 18.5 Å². The molecule has 3 aromatic rings. The van der Waals surface area contributed by atoms with Crippen molar-refractivity contribution in [3.05, 3.63) is 41.1 Å². The zero-order valence-corrected chi connectivity index (χ0v) is 22.2. The largest absolute Gasteiger partial charge is 0.364 e. The van der Waals surface area contributed by atoms with Crippen molar-refractivity contribution >= 4 is 29.3 Å². The standard InChI is InChI=1S/C26H34N10O2/c1-26(2)10-14-9-19(35(4)20(14)11-26)24(38)30-17-7-5-16-6-8-18(17)36(16)25-31-23(21(22(27)37)32-33-25)29-15-12-28-34(3)13-15/h9,12-13,16-18H,5-8,10-11H2,1-4H3,(H2,27,37)(H,30,38)(H,29,31,33). The molecular formula is C26H34N10O2. The summed E-state index contributed by atoms with van der Waals surface area (Å²) < 4.78 is 3.70. The highest BCUT2D eigenvalue weighted by atomic mass is 16.2. The van der Waals surface area contributed by atoms with E-state index in [1.54, 1.807) is 24.1 Å². The summed E-state index contributed by atoms with van der Waals surface area (Å²) in [6, 6.07) is 2.30. The molecule has 12 heteroatoms. The number of carbonyl (C=O) groups excluding carboxylic acids is 2. The van der Waals surface area contributed by atoms with E-state index in [1.807, 2.05) is 7.05 Å². The number of carbonyl (C=O) groups is 2. The van der Waals surface area contributed by atoms with Gasteiger partial charge in [0.2, 0.25) is 5.95 Å². The predicted octanol–water partition coefficient (Wildman–Crippen LogP) is 1.84. The summed E-state index contributed by atoms with van der Waals surface area (Å²) in [6.07, 6.45) is 9.07. The van der Waals surface area contributed by atoms with Gasteiger partial charge in [0.15, 0.2) is 11.5 Å². The van der Waals surface area contributed by atoms with Gasteiger partial charge in [0, 0.05) is 38.1 Å². The number of rotatable bonds is 6. The zero-order valence-electron chi connectivity index (χ0n) is 22.2. The summed E-state index contributed by atoms with van der Waals surface area (Å²) >= 11 is 0. The van der Waals surface area contributed by atoms with Crippen LogP contribution in [0.1, 0.15) is 71.8 Å². The number of amides is 2. The van der Waals surface area contributed by atoms with Crippen molar-refractivity contribution in [3.8, 4) is 0 Å². The van der Waals surface area contributed by atoms with Crippen LogP contribution in [0.3, 0.4) is 0 Å². The minimum atomic E-state index is -0.715. The topological polar surface area (TPSA) is 149 Å². The second-order valence-electron chi connectivity index (χ2n) is 11.6. The Balaban J connectivity index is 1.24. The molecule has 4 N–H and O–H groups in total. The minimum Gasteiger partial charge on any atom is -0.364 e. The number of piperidine rings is 1. The highest BCUT2D eigenvalue weighted by molar-refractivity contribution is 5.96. The highest BCUT2D eigenvalue weighted by Gasteiger charge is 2.45. The molecule has 5 heterocycles. The summed E-state index contributed by atoms with van der Waals surface area (Å²) in [5.74, 6) is -0.0974. The summed E-state index contributed by atoms with van der Waals surface area (Å²) in [4.78, 5) is 32.3. The third-order valence-electron chi connectivity index (χ3n) is 8.24. The molecule has 0 spiro atoms. The Morgan fingerprint density at radius 3 is 2.61 bits per heavy atom. The van der Waals surface area contributed by atoms with Crippen LogP contribution in [0, 0.1) is 5.41 Å². The first kappa shape index (κ1) is 24.4. The Bertz CT molecular complexity index is 1420. The lowest BCUT2D eigenvalue weighted by molar-refractivity contribution is 0.0914. The number of aryl methyl sites for hydroxylation is 1. The molecule has 2 saturated heterocycles. The van der Waals surface area contributed by atoms with Gasteiger partial charge in [-0.3, -0.25) is 14.3 Å². The summed E-state index contributed by atoms with van der Waals surface area (Å²) in [5.41, 5.74) is 9.66. The van der Waals surface area contributed by atoms with Crippen molar-refractivity contribution in [3.63, 3.8) is 0 Å². The van der Waals surface area contributed by atoms with E-state index in [1.165, 1.54) is 11.3 Å². The van der Waals surface area contributed by atoms with Crippen LogP contribution in [0.25, 0.3) is 0 Å². The lowest BCUT2D eigenvalue weighted by Gasteiger charge is -2.40. The second-order valence-corrected chi connectivity index (χ2v) is 11.6. The lowest BCUT2D eigenvalue weighted by atomic mass is 9.90. The zero-order chi connectivity index (χ0) is 26.8. The molecule has 38 heavy (non-hydrogen) atoms. The molecule has 3 aliphatic rings. The van der Waals surface area contributed by atoms with E-state index >= 15 is 0 Å². The van der Waals surface area contributed by atoms with Crippen LogP contribution in [-0.2, 0) is 26.9 Å². The van der Waals surface area contributed by atoms with Crippen molar-refractivity contribution in [1.82, 2.24) is 34.8 Å².